The molecule has 1 heterocycles. The lowest BCUT2D eigenvalue weighted by Gasteiger charge is -2.34. The summed E-state index contributed by atoms with van der Waals surface area (Å²) in [6, 6.07) is 3.76. The summed E-state index contributed by atoms with van der Waals surface area (Å²) in [6.45, 7) is 1.61. The summed E-state index contributed by atoms with van der Waals surface area (Å²) in [5.41, 5.74) is 0.514. The molecule has 0 saturated heterocycles. The van der Waals surface area contributed by atoms with Crippen molar-refractivity contribution in [3.63, 3.8) is 0 Å². The molecule has 1 saturated carbocycles. The van der Waals surface area contributed by atoms with Gasteiger partial charge in [-0.1, -0.05) is 0 Å². The van der Waals surface area contributed by atoms with Crippen molar-refractivity contribution in [2.24, 2.45) is 5.92 Å². The summed E-state index contributed by atoms with van der Waals surface area (Å²) in [6.07, 6.45) is 2.03. The van der Waals surface area contributed by atoms with Crippen LogP contribution in [0, 0.1) is 17.2 Å². The molecular weight excluding hydrogens is 274 g/mol. The average molecular weight is 293 g/mol. The van der Waals surface area contributed by atoms with Crippen LogP contribution in [0.1, 0.15) is 24.8 Å². The molecule has 0 atom stereocenters. The molecule has 6 heteroatoms. The quantitative estimate of drug-likeness (QED) is 0.836. The van der Waals surface area contributed by atoms with Crippen LogP contribution >= 0.6 is 11.3 Å². The summed E-state index contributed by atoms with van der Waals surface area (Å²) >= 11 is 1.36. The molecule has 0 aromatic carbocycles. The zero-order chi connectivity index (χ0) is 14.5. The minimum Gasteiger partial charge on any atom is -0.393 e. The number of hydrogen-bond acceptors (Lipinski definition) is 5. The van der Waals surface area contributed by atoms with Gasteiger partial charge in [0.05, 0.1) is 11.7 Å². The topological polar surface area (TPSA) is 76.4 Å². The van der Waals surface area contributed by atoms with E-state index in [2.05, 4.69) is 16.3 Å². The van der Waals surface area contributed by atoms with Gasteiger partial charge in [-0.15, -0.1) is 11.3 Å². The lowest BCUT2D eigenvalue weighted by Crippen LogP contribution is -2.38. The van der Waals surface area contributed by atoms with E-state index >= 15 is 0 Å². The van der Waals surface area contributed by atoms with E-state index in [0.717, 1.165) is 19.4 Å². The molecule has 1 amide bonds. The molecule has 0 unspecified atom stereocenters. The molecule has 5 nitrogen and oxygen atoms in total. The molecule has 2 N–H and O–H groups in total. The van der Waals surface area contributed by atoms with Crippen LogP contribution in [0.25, 0.3) is 0 Å². The minimum absolute atomic E-state index is 0.0653. The van der Waals surface area contributed by atoms with Crippen LogP contribution in [0.15, 0.2) is 11.4 Å². The highest BCUT2D eigenvalue weighted by molar-refractivity contribution is 7.14. The Kier molecular flexibility index (Phi) is 5.12. The standard InChI is InChI=1S/C14H19N3O2S/c1-17(9-10-6-12(18)7-10)4-2-13(19)16-14-11(8-15)3-5-20-14/h3,5,10,12,18H,2,4,6-7,9H2,1H3,(H,16,19). The Morgan fingerprint density at radius 1 is 1.65 bits per heavy atom. The van der Waals surface area contributed by atoms with Crippen molar-refractivity contribution >= 4 is 22.2 Å². The Morgan fingerprint density at radius 3 is 3.05 bits per heavy atom. The lowest BCUT2D eigenvalue weighted by atomic mass is 9.82. The molecule has 1 fully saturated rings. The number of hydrogen-bond donors (Lipinski definition) is 2. The fourth-order valence-corrected chi connectivity index (χ4v) is 3.11. The predicted octanol–water partition coefficient (Wildman–Crippen LogP) is 1.65. The number of nitriles is 1. The third-order valence-electron chi connectivity index (χ3n) is 3.54. The Balaban J connectivity index is 1.68. The van der Waals surface area contributed by atoms with E-state index in [0.29, 0.717) is 29.4 Å². The first-order chi connectivity index (χ1) is 9.58. The summed E-state index contributed by atoms with van der Waals surface area (Å²) in [4.78, 5) is 13.9. The van der Waals surface area contributed by atoms with Gasteiger partial charge < -0.3 is 15.3 Å². The Morgan fingerprint density at radius 2 is 2.40 bits per heavy atom. The predicted molar refractivity (Wildman–Crippen MR) is 78.5 cm³/mol. The van der Waals surface area contributed by atoms with E-state index in [9.17, 15) is 9.90 Å². The first kappa shape index (κ1) is 15.0. The number of amides is 1. The highest BCUT2D eigenvalue weighted by Crippen LogP contribution is 2.27. The molecule has 20 heavy (non-hydrogen) atoms. The van der Waals surface area contributed by atoms with Crippen LogP contribution < -0.4 is 5.32 Å². The van der Waals surface area contributed by atoms with Crippen LogP contribution in [0.4, 0.5) is 5.00 Å². The molecule has 0 spiro atoms. The van der Waals surface area contributed by atoms with Crippen LogP contribution in [0.2, 0.25) is 0 Å². The van der Waals surface area contributed by atoms with Gasteiger partial charge in [-0.2, -0.15) is 5.26 Å². The summed E-state index contributed by atoms with van der Waals surface area (Å²) in [5, 5.41) is 23.3. The van der Waals surface area contributed by atoms with E-state index in [-0.39, 0.29) is 12.0 Å². The summed E-state index contributed by atoms with van der Waals surface area (Å²) in [5.74, 6) is 0.491. The number of rotatable bonds is 6. The van der Waals surface area contributed by atoms with Crippen molar-refractivity contribution in [1.29, 1.82) is 5.26 Å². The smallest absolute Gasteiger partial charge is 0.226 e. The molecule has 2 rings (SSSR count). The van der Waals surface area contributed by atoms with Crippen LogP contribution in [-0.2, 0) is 4.79 Å². The number of nitrogens with zero attached hydrogens (tertiary/aromatic N) is 2. The normalized spacial score (nSPS) is 21.3. The van der Waals surface area contributed by atoms with Gasteiger partial charge in [0, 0.05) is 19.5 Å². The van der Waals surface area contributed by atoms with Crippen molar-refractivity contribution < 1.29 is 9.90 Å². The first-order valence-electron chi connectivity index (χ1n) is 6.72. The lowest BCUT2D eigenvalue weighted by molar-refractivity contribution is -0.116. The zero-order valence-corrected chi connectivity index (χ0v) is 12.3. The number of carbonyl (C=O) groups excluding carboxylic acids is 1. The molecule has 1 aromatic rings. The number of thiophene rings is 1. The molecule has 0 radical (unpaired) electrons. The maximum Gasteiger partial charge on any atom is 0.226 e. The number of anilines is 1. The van der Waals surface area contributed by atoms with Gasteiger partial charge in [-0.3, -0.25) is 4.79 Å². The second-order valence-corrected chi connectivity index (χ2v) is 6.24. The van der Waals surface area contributed by atoms with Crippen LogP contribution in [0.5, 0.6) is 0 Å². The molecule has 1 aliphatic carbocycles. The molecular formula is C14H19N3O2S. The molecule has 1 aliphatic rings. The maximum absolute atomic E-state index is 11.8. The second kappa shape index (κ2) is 6.84. The third kappa shape index (κ3) is 4.04. The van der Waals surface area contributed by atoms with E-state index in [1.165, 1.54) is 11.3 Å². The molecule has 0 aliphatic heterocycles. The van der Waals surface area contributed by atoms with Crippen molar-refractivity contribution in [3.05, 3.63) is 17.0 Å². The van der Waals surface area contributed by atoms with Gasteiger partial charge in [0.1, 0.15) is 11.1 Å². The minimum atomic E-state index is -0.125. The molecule has 1 aromatic heterocycles. The van der Waals surface area contributed by atoms with Crippen molar-refractivity contribution in [3.8, 4) is 6.07 Å². The van der Waals surface area contributed by atoms with E-state index in [1.807, 2.05) is 7.05 Å². The number of nitrogens with one attached hydrogen (secondary N) is 1. The van der Waals surface area contributed by atoms with Gasteiger partial charge in [-0.25, -0.2) is 0 Å². The Hall–Kier alpha value is -1.42. The van der Waals surface area contributed by atoms with Crippen LogP contribution in [0.3, 0.4) is 0 Å². The highest BCUT2D eigenvalue weighted by atomic mass is 32.1. The molecule has 108 valence electrons. The first-order valence-corrected chi connectivity index (χ1v) is 7.60. The monoisotopic (exact) mass is 293 g/mol. The molecule has 0 bridgehead atoms. The fourth-order valence-electron chi connectivity index (χ4n) is 2.36. The van der Waals surface area contributed by atoms with Crippen molar-refractivity contribution in [2.45, 2.75) is 25.4 Å². The number of aliphatic hydroxyl groups is 1. The van der Waals surface area contributed by atoms with Gasteiger partial charge in [-0.05, 0) is 37.3 Å². The summed E-state index contributed by atoms with van der Waals surface area (Å²) in [7, 11) is 1.99. The average Bonchev–Trinajstić information content (AvgIpc) is 2.82. The van der Waals surface area contributed by atoms with E-state index in [4.69, 9.17) is 5.26 Å². The Bertz CT molecular complexity index is 503. The summed E-state index contributed by atoms with van der Waals surface area (Å²) < 4.78 is 0. The van der Waals surface area contributed by atoms with E-state index < -0.39 is 0 Å². The van der Waals surface area contributed by atoms with Gasteiger partial charge >= 0.3 is 0 Å². The SMILES string of the molecule is CN(CCC(=O)Nc1sccc1C#N)CC1CC(O)C1. The largest absolute Gasteiger partial charge is 0.393 e. The zero-order valence-electron chi connectivity index (χ0n) is 11.5. The van der Waals surface area contributed by atoms with Crippen molar-refractivity contribution in [2.75, 3.05) is 25.5 Å². The fraction of sp³-hybridized carbons (Fsp3) is 0.571. The highest BCUT2D eigenvalue weighted by Gasteiger charge is 2.27. The van der Waals surface area contributed by atoms with Gasteiger partial charge in [0.15, 0.2) is 0 Å². The third-order valence-corrected chi connectivity index (χ3v) is 4.37. The maximum atomic E-state index is 11.8. The van der Waals surface area contributed by atoms with Crippen molar-refractivity contribution in [1.82, 2.24) is 4.90 Å². The second-order valence-electron chi connectivity index (χ2n) is 5.33. The van der Waals surface area contributed by atoms with Gasteiger partial charge in [0.2, 0.25) is 5.91 Å². The number of aliphatic hydroxyl groups excluding tert-OH is 1. The van der Waals surface area contributed by atoms with Crippen LogP contribution in [-0.4, -0.2) is 42.2 Å². The van der Waals surface area contributed by atoms with Gasteiger partial charge in [0.25, 0.3) is 0 Å². The van der Waals surface area contributed by atoms with E-state index in [1.54, 1.807) is 11.4 Å². The number of carbonyl (C=O) groups is 1. The Labute approximate surface area is 122 Å².